The summed E-state index contributed by atoms with van der Waals surface area (Å²) >= 11 is 6.01. The van der Waals surface area contributed by atoms with Gasteiger partial charge in [0, 0.05) is 0 Å². The van der Waals surface area contributed by atoms with E-state index in [2.05, 4.69) is 10.0 Å². The highest BCUT2D eigenvalue weighted by Crippen LogP contribution is 2.27. The van der Waals surface area contributed by atoms with Crippen LogP contribution in [0.3, 0.4) is 0 Å². The molecule has 0 saturated carbocycles. The summed E-state index contributed by atoms with van der Waals surface area (Å²) in [5.41, 5.74) is -0.0393. The molecule has 0 saturated heterocycles. The van der Waals surface area contributed by atoms with Gasteiger partial charge in [0.2, 0.25) is 15.9 Å². The first-order valence-corrected chi connectivity index (χ1v) is 11.3. The summed E-state index contributed by atoms with van der Waals surface area (Å²) in [5, 5.41) is 2.14. The van der Waals surface area contributed by atoms with Gasteiger partial charge >= 0.3 is 0 Å². The van der Waals surface area contributed by atoms with E-state index in [1.807, 2.05) is 0 Å². The molecule has 174 valence electrons. The third kappa shape index (κ3) is 5.84. The van der Waals surface area contributed by atoms with Gasteiger partial charge < -0.3 is 10.1 Å². The summed E-state index contributed by atoms with van der Waals surface area (Å²) in [6.07, 6.45) is -0.110. The lowest BCUT2D eigenvalue weighted by Gasteiger charge is -2.19. The summed E-state index contributed by atoms with van der Waals surface area (Å²) in [5.74, 6) is -5.52. The first-order chi connectivity index (χ1) is 15.6. The Balaban J connectivity index is 1.91. The lowest BCUT2D eigenvalue weighted by Crippen LogP contribution is -2.45. The predicted molar refractivity (Wildman–Crippen MR) is 117 cm³/mol. The van der Waals surface area contributed by atoms with Crippen LogP contribution in [0.1, 0.15) is 5.56 Å². The number of rotatable bonds is 8. The Morgan fingerprint density at radius 3 is 2.36 bits per heavy atom. The summed E-state index contributed by atoms with van der Waals surface area (Å²) < 4.78 is 73.9. The maximum absolute atomic E-state index is 14.0. The van der Waals surface area contributed by atoms with Gasteiger partial charge in [0.05, 0.1) is 22.7 Å². The highest BCUT2D eigenvalue weighted by molar-refractivity contribution is 7.89. The summed E-state index contributed by atoms with van der Waals surface area (Å²) in [6, 6.07) is 12.2. The van der Waals surface area contributed by atoms with E-state index in [-0.39, 0.29) is 22.1 Å². The number of anilines is 1. The molecule has 0 aliphatic carbocycles. The molecule has 6 nitrogen and oxygen atoms in total. The van der Waals surface area contributed by atoms with Crippen LogP contribution in [0.15, 0.2) is 65.6 Å². The van der Waals surface area contributed by atoms with Gasteiger partial charge in [0.25, 0.3) is 0 Å². The maximum atomic E-state index is 14.0. The Kier molecular flexibility index (Phi) is 7.62. The minimum absolute atomic E-state index is 0.0355. The molecule has 0 bridgehead atoms. The van der Waals surface area contributed by atoms with Crippen LogP contribution in [-0.2, 0) is 21.2 Å². The molecular formula is C22H18ClF3N2O4S. The van der Waals surface area contributed by atoms with E-state index in [9.17, 15) is 26.4 Å². The second-order valence-corrected chi connectivity index (χ2v) is 8.99. The van der Waals surface area contributed by atoms with Crippen LogP contribution in [-0.4, -0.2) is 27.5 Å². The van der Waals surface area contributed by atoms with Crippen molar-refractivity contribution in [3.63, 3.8) is 0 Å². The Morgan fingerprint density at radius 1 is 1.03 bits per heavy atom. The molecular weight excluding hydrogens is 481 g/mol. The van der Waals surface area contributed by atoms with Gasteiger partial charge in [0.1, 0.15) is 11.8 Å². The minimum Gasteiger partial charge on any atom is -0.495 e. The van der Waals surface area contributed by atoms with Crippen molar-refractivity contribution in [2.45, 2.75) is 17.4 Å². The number of amides is 1. The average molecular weight is 499 g/mol. The zero-order chi connectivity index (χ0) is 24.2. The predicted octanol–water partition coefficient (Wildman–Crippen LogP) is 4.29. The van der Waals surface area contributed by atoms with E-state index in [0.717, 1.165) is 12.1 Å². The molecule has 2 N–H and O–H groups in total. The molecule has 11 heteroatoms. The number of hydrogen-bond donors (Lipinski definition) is 2. The van der Waals surface area contributed by atoms with E-state index in [4.69, 9.17) is 16.3 Å². The highest BCUT2D eigenvalue weighted by Gasteiger charge is 2.28. The van der Waals surface area contributed by atoms with E-state index in [1.165, 1.54) is 19.2 Å². The van der Waals surface area contributed by atoms with Gasteiger partial charge in [-0.1, -0.05) is 41.9 Å². The third-order valence-electron chi connectivity index (χ3n) is 4.62. The number of ether oxygens (including phenoxy) is 1. The molecule has 1 amide bonds. The van der Waals surface area contributed by atoms with E-state index < -0.39 is 45.1 Å². The number of nitrogens with one attached hydrogen (secondary N) is 2. The number of methoxy groups -OCH3 is 1. The molecule has 3 aromatic rings. The molecule has 3 aromatic carbocycles. The Hall–Kier alpha value is -3.08. The van der Waals surface area contributed by atoms with Crippen molar-refractivity contribution in [1.82, 2.24) is 4.72 Å². The molecule has 0 unspecified atom stereocenters. The number of carbonyl (C=O) groups excluding carboxylic acids is 1. The Morgan fingerprint density at radius 2 is 1.73 bits per heavy atom. The first-order valence-electron chi connectivity index (χ1n) is 9.46. The van der Waals surface area contributed by atoms with Crippen LogP contribution in [0, 0.1) is 17.5 Å². The quantitative estimate of drug-likeness (QED) is 0.454. The van der Waals surface area contributed by atoms with Gasteiger partial charge in [-0.25, -0.2) is 21.6 Å². The van der Waals surface area contributed by atoms with Crippen molar-refractivity contribution < 1.29 is 31.1 Å². The number of hydrogen-bond acceptors (Lipinski definition) is 4. The van der Waals surface area contributed by atoms with Crippen molar-refractivity contribution in [1.29, 1.82) is 0 Å². The van der Waals surface area contributed by atoms with Crippen LogP contribution in [0.2, 0.25) is 5.02 Å². The zero-order valence-corrected chi connectivity index (χ0v) is 18.7. The molecule has 0 aliphatic heterocycles. The van der Waals surface area contributed by atoms with E-state index >= 15 is 0 Å². The number of sulfonamides is 1. The first kappa shape index (κ1) is 24.6. The lowest BCUT2D eigenvalue weighted by molar-refractivity contribution is -0.117. The summed E-state index contributed by atoms with van der Waals surface area (Å²) in [4.78, 5) is 12.6. The molecule has 1 atom stereocenters. The number of benzene rings is 3. The lowest BCUT2D eigenvalue weighted by atomic mass is 10.1. The molecule has 0 aliphatic rings. The van der Waals surface area contributed by atoms with Gasteiger partial charge in [-0.15, -0.1) is 0 Å². The van der Waals surface area contributed by atoms with Crippen LogP contribution < -0.4 is 14.8 Å². The van der Waals surface area contributed by atoms with E-state index in [0.29, 0.717) is 11.6 Å². The van der Waals surface area contributed by atoms with Crippen molar-refractivity contribution in [2.24, 2.45) is 0 Å². The number of carbonyl (C=O) groups is 1. The Bertz CT molecular complexity index is 1270. The maximum Gasteiger partial charge on any atom is 0.242 e. The van der Waals surface area contributed by atoms with Crippen LogP contribution in [0.25, 0.3) is 0 Å². The normalized spacial score (nSPS) is 12.3. The smallest absolute Gasteiger partial charge is 0.242 e. The van der Waals surface area contributed by atoms with Gasteiger partial charge in [0.15, 0.2) is 17.5 Å². The standard InChI is InChI=1S/C22H18ClF3N2O4S/c1-32-19-10-7-14(12-15(19)23)33(30,31)28-18(11-13-5-3-2-4-6-13)22(29)27-17-9-8-16(24)20(25)21(17)26/h2-10,12,18,28H,11H2,1H3,(H,27,29)/t18-/m1/s1. The minimum atomic E-state index is -4.27. The second kappa shape index (κ2) is 10.2. The van der Waals surface area contributed by atoms with Gasteiger partial charge in [-0.2, -0.15) is 4.72 Å². The van der Waals surface area contributed by atoms with Gasteiger partial charge in [-0.3, -0.25) is 4.79 Å². The van der Waals surface area contributed by atoms with Crippen molar-refractivity contribution in [2.75, 3.05) is 12.4 Å². The third-order valence-corrected chi connectivity index (χ3v) is 6.39. The fourth-order valence-electron chi connectivity index (χ4n) is 2.95. The molecule has 3 rings (SSSR count). The van der Waals surface area contributed by atoms with Crippen LogP contribution in [0.5, 0.6) is 5.75 Å². The SMILES string of the molecule is COc1ccc(S(=O)(=O)N[C@H](Cc2ccccc2)C(=O)Nc2ccc(F)c(F)c2F)cc1Cl. The van der Waals surface area contributed by atoms with E-state index in [1.54, 1.807) is 30.3 Å². The molecule has 0 radical (unpaired) electrons. The van der Waals surface area contributed by atoms with Crippen molar-refractivity contribution >= 4 is 33.2 Å². The molecule has 0 heterocycles. The van der Waals surface area contributed by atoms with Crippen molar-refractivity contribution in [3.05, 3.63) is 88.7 Å². The van der Waals surface area contributed by atoms with Crippen LogP contribution in [0.4, 0.5) is 18.9 Å². The molecule has 0 aromatic heterocycles. The highest BCUT2D eigenvalue weighted by atomic mass is 35.5. The number of halogens is 4. The summed E-state index contributed by atoms with van der Waals surface area (Å²) in [7, 11) is -2.90. The molecule has 0 fully saturated rings. The largest absolute Gasteiger partial charge is 0.495 e. The van der Waals surface area contributed by atoms with Crippen molar-refractivity contribution in [3.8, 4) is 5.75 Å². The monoisotopic (exact) mass is 498 g/mol. The van der Waals surface area contributed by atoms with Gasteiger partial charge in [-0.05, 0) is 42.3 Å². The topological polar surface area (TPSA) is 84.5 Å². The zero-order valence-electron chi connectivity index (χ0n) is 17.1. The fraction of sp³-hybridized carbons (Fsp3) is 0.136. The molecule has 0 spiro atoms. The van der Waals surface area contributed by atoms with Crippen LogP contribution >= 0.6 is 11.6 Å². The average Bonchev–Trinajstić information content (AvgIpc) is 2.79. The molecule has 33 heavy (non-hydrogen) atoms. The summed E-state index contributed by atoms with van der Waals surface area (Å²) in [6.45, 7) is 0. The second-order valence-electron chi connectivity index (χ2n) is 6.87. The fourth-order valence-corrected chi connectivity index (χ4v) is 4.49. The Labute approximate surface area is 193 Å².